The molecule has 1 heteroatoms. The van der Waals surface area contributed by atoms with Crippen molar-refractivity contribution in [3.05, 3.63) is 54.1 Å². The molecule has 1 nitrogen and oxygen atoms in total. The van der Waals surface area contributed by atoms with E-state index in [-0.39, 0.29) is 0 Å². The molecule has 1 fully saturated rings. The van der Waals surface area contributed by atoms with E-state index < -0.39 is 0 Å². The molecule has 0 radical (unpaired) electrons. The lowest BCUT2D eigenvalue weighted by Gasteiger charge is -2.29. The van der Waals surface area contributed by atoms with Gasteiger partial charge in [-0.15, -0.1) is 0 Å². The molecule has 0 atom stereocenters. The van der Waals surface area contributed by atoms with Gasteiger partial charge in [0, 0.05) is 18.8 Å². The maximum atomic E-state index is 2.52. The summed E-state index contributed by atoms with van der Waals surface area (Å²) in [6.45, 7) is 4.61. The van der Waals surface area contributed by atoms with Crippen LogP contribution in [0.1, 0.15) is 24.8 Å². The average Bonchev–Trinajstić information content (AvgIpc) is 2.49. The number of rotatable bonds is 2. The summed E-state index contributed by atoms with van der Waals surface area (Å²) in [7, 11) is 0. The fourth-order valence-electron chi connectivity index (χ4n) is 2.89. The second kappa shape index (κ2) is 5.48. The molecule has 0 aliphatic carbocycles. The summed E-state index contributed by atoms with van der Waals surface area (Å²) in [5.74, 6) is 0. The third-order valence-corrected chi connectivity index (χ3v) is 4.03. The first-order valence-electron chi connectivity index (χ1n) is 7.25. The summed E-state index contributed by atoms with van der Waals surface area (Å²) in [5, 5.41) is 0. The highest BCUT2D eigenvalue weighted by molar-refractivity contribution is 5.71. The number of anilines is 1. The van der Waals surface area contributed by atoms with Crippen molar-refractivity contribution in [1.29, 1.82) is 0 Å². The minimum Gasteiger partial charge on any atom is -0.372 e. The molecule has 1 aliphatic heterocycles. The fourth-order valence-corrected chi connectivity index (χ4v) is 2.89. The monoisotopic (exact) mass is 251 g/mol. The smallest absolute Gasteiger partial charge is 0.0372 e. The van der Waals surface area contributed by atoms with Crippen LogP contribution in [0.2, 0.25) is 0 Å². The number of benzene rings is 2. The van der Waals surface area contributed by atoms with Crippen LogP contribution < -0.4 is 4.90 Å². The van der Waals surface area contributed by atoms with Crippen LogP contribution in [0, 0.1) is 6.92 Å². The Balaban J connectivity index is 1.96. The molecule has 1 aliphatic rings. The quantitative estimate of drug-likeness (QED) is 0.750. The fraction of sp³-hybridized carbons (Fsp3) is 0.333. The minimum atomic E-state index is 1.21. The molecule has 0 unspecified atom stereocenters. The van der Waals surface area contributed by atoms with Crippen LogP contribution in [0.4, 0.5) is 5.69 Å². The van der Waals surface area contributed by atoms with E-state index in [9.17, 15) is 0 Å². The van der Waals surface area contributed by atoms with Gasteiger partial charge >= 0.3 is 0 Å². The van der Waals surface area contributed by atoms with Gasteiger partial charge < -0.3 is 4.90 Å². The summed E-state index contributed by atoms with van der Waals surface area (Å²) >= 11 is 0. The summed E-state index contributed by atoms with van der Waals surface area (Å²) in [5.41, 5.74) is 5.42. The molecule has 1 heterocycles. The van der Waals surface area contributed by atoms with Gasteiger partial charge in [0.2, 0.25) is 0 Å². The van der Waals surface area contributed by atoms with E-state index in [0.717, 1.165) is 0 Å². The van der Waals surface area contributed by atoms with E-state index in [1.807, 2.05) is 0 Å². The van der Waals surface area contributed by atoms with E-state index in [4.69, 9.17) is 0 Å². The highest BCUT2D eigenvalue weighted by Gasteiger charge is 2.12. The Hall–Kier alpha value is -1.76. The van der Waals surface area contributed by atoms with Gasteiger partial charge in [-0.25, -0.2) is 0 Å². The van der Waals surface area contributed by atoms with Crippen LogP contribution >= 0.6 is 0 Å². The van der Waals surface area contributed by atoms with Gasteiger partial charge in [-0.2, -0.15) is 0 Å². The van der Waals surface area contributed by atoms with Crippen LogP contribution in [0.15, 0.2) is 48.5 Å². The van der Waals surface area contributed by atoms with Crippen LogP contribution in [0.3, 0.4) is 0 Å². The van der Waals surface area contributed by atoms with Gasteiger partial charge in [0.15, 0.2) is 0 Å². The largest absolute Gasteiger partial charge is 0.372 e. The number of piperidine rings is 1. The Kier molecular flexibility index (Phi) is 3.54. The van der Waals surface area contributed by atoms with Crippen molar-refractivity contribution in [3.63, 3.8) is 0 Å². The number of aryl methyl sites for hydroxylation is 1. The molecule has 2 aromatic rings. The molecule has 0 spiro atoms. The molecule has 0 N–H and O–H groups in total. The Labute approximate surface area is 115 Å². The van der Waals surface area contributed by atoms with Crippen molar-refractivity contribution in [3.8, 4) is 11.1 Å². The Morgan fingerprint density at radius 2 is 1.58 bits per heavy atom. The van der Waals surface area contributed by atoms with Gasteiger partial charge in [0.05, 0.1) is 0 Å². The first-order valence-corrected chi connectivity index (χ1v) is 7.25. The highest BCUT2D eigenvalue weighted by Crippen LogP contribution is 2.29. The molecule has 3 rings (SSSR count). The molecule has 19 heavy (non-hydrogen) atoms. The summed E-state index contributed by atoms with van der Waals surface area (Å²) in [6.07, 6.45) is 4.04. The average molecular weight is 251 g/mol. The zero-order valence-electron chi connectivity index (χ0n) is 11.6. The number of hydrogen-bond donors (Lipinski definition) is 0. The number of nitrogens with zero attached hydrogens (tertiary/aromatic N) is 1. The van der Waals surface area contributed by atoms with Gasteiger partial charge in [-0.05, 0) is 55.0 Å². The SMILES string of the molecule is Cc1ccc(N2CCCCC2)cc1-c1ccccc1. The molecular formula is C18H21N. The normalized spacial score (nSPS) is 15.5. The van der Waals surface area contributed by atoms with Crippen molar-refractivity contribution in [1.82, 2.24) is 0 Å². The van der Waals surface area contributed by atoms with E-state index >= 15 is 0 Å². The first kappa shape index (κ1) is 12.3. The molecular weight excluding hydrogens is 230 g/mol. The maximum Gasteiger partial charge on any atom is 0.0372 e. The van der Waals surface area contributed by atoms with Crippen molar-refractivity contribution in [2.24, 2.45) is 0 Å². The summed E-state index contributed by atoms with van der Waals surface area (Å²) in [4.78, 5) is 2.52. The predicted octanol–water partition coefficient (Wildman–Crippen LogP) is 4.65. The first-order chi connectivity index (χ1) is 9.34. The van der Waals surface area contributed by atoms with E-state index in [1.165, 1.54) is 54.7 Å². The van der Waals surface area contributed by atoms with Crippen LogP contribution in [0.5, 0.6) is 0 Å². The van der Waals surface area contributed by atoms with E-state index in [1.54, 1.807) is 0 Å². The van der Waals surface area contributed by atoms with Gasteiger partial charge in [-0.1, -0.05) is 36.4 Å². The van der Waals surface area contributed by atoms with E-state index in [0.29, 0.717) is 0 Å². The van der Waals surface area contributed by atoms with Crippen LogP contribution in [-0.4, -0.2) is 13.1 Å². The predicted molar refractivity (Wildman–Crippen MR) is 82.7 cm³/mol. The third-order valence-electron chi connectivity index (χ3n) is 4.03. The molecule has 0 aromatic heterocycles. The maximum absolute atomic E-state index is 2.52. The molecule has 0 bridgehead atoms. The van der Waals surface area contributed by atoms with Gasteiger partial charge in [-0.3, -0.25) is 0 Å². The zero-order valence-corrected chi connectivity index (χ0v) is 11.6. The molecule has 98 valence electrons. The Morgan fingerprint density at radius 1 is 0.842 bits per heavy atom. The lowest BCUT2D eigenvalue weighted by Crippen LogP contribution is -2.29. The van der Waals surface area contributed by atoms with Gasteiger partial charge in [0.1, 0.15) is 0 Å². The van der Waals surface area contributed by atoms with Gasteiger partial charge in [0.25, 0.3) is 0 Å². The van der Waals surface area contributed by atoms with Crippen LogP contribution in [-0.2, 0) is 0 Å². The third kappa shape index (κ3) is 2.65. The lowest BCUT2D eigenvalue weighted by atomic mass is 9.99. The topological polar surface area (TPSA) is 3.24 Å². The highest BCUT2D eigenvalue weighted by atomic mass is 15.1. The molecule has 0 amide bonds. The lowest BCUT2D eigenvalue weighted by molar-refractivity contribution is 0.578. The van der Waals surface area contributed by atoms with Crippen molar-refractivity contribution >= 4 is 5.69 Å². The standard InChI is InChI=1S/C18H21N/c1-15-10-11-17(19-12-6-3-7-13-19)14-18(15)16-8-4-2-5-9-16/h2,4-5,8-11,14H,3,6-7,12-13H2,1H3. The summed E-state index contributed by atoms with van der Waals surface area (Å²) < 4.78 is 0. The van der Waals surface area contributed by atoms with Crippen molar-refractivity contribution in [2.45, 2.75) is 26.2 Å². The Bertz CT molecular complexity index is 539. The number of hydrogen-bond acceptors (Lipinski definition) is 1. The molecule has 2 aromatic carbocycles. The minimum absolute atomic E-state index is 1.21. The molecule has 0 saturated carbocycles. The van der Waals surface area contributed by atoms with Crippen LogP contribution in [0.25, 0.3) is 11.1 Å². The molecule has 1 saturated heterocycles. The van der Waals surface area contributed by atoms with Crippen molar-refractivity contribution in [2.75, 3.05) is 18.0 Å². The second-order valence-electron chi connectivity index (χ2n) is 5.41. The summed E-state index contributed by atoms with van der Waals surface area (Å²) in [6, 6.07) is 17.6. The van der Waals surface area contributed by atoms with Crippen molar-refractivity contribution < 1.29 is 0 Å². The van der Waals surface area contributed by atoms with E-state index in [2.05, 4.69) is 60.4 Å². The second-order valence-corrected chi connectivity index (χ2v) is 5.41. The Morgan fingerprint density at radius 3 is 2.32 bits per heavy atom. The zero-order chi connectivity index (χ0) is 13.1.